The normalized spacial score (nSPS) is 12.4. The van der Waals surface area contributed by atoms with Crippen molar-refractivity contribution in [1.29, 1.82) is 0 Å². The van der Waals surface area contributed by atoms with Gasteiger partial charge in [-0.15, -0.1) is 0 Å². The van der Waals surface area contributed by atoms with Crippen molar-refractivity contribution in [1.82, 2.24) is 10.3 Å². The first-order valence-electron chi connectivity index (χ1n) is 6.02. The van der Waals surface area contributed by atoms with Gasteiger partial charge in [0.1, 0.15) is 0 Å². The van der Waals surface area contributed by atoms with Gasteiger partial charge in [-0.05, 0) is 36.7 Å². The van der Waals surface area contributed by atoms with Crippen molar-refractivity contribution in [3.8, 4) is 0 Å². The topological polar surface area (TPSA) is 24.9 Å². The van der Waals surface area contributed by atoms with Crippen molar-refractivity contribution in [2.75, 3.05) is 7.05 Å². The van der Waals surface area contributed by atoms with Crippen LogP contribution in [0.4, 0.5) is 0 Å². The molecule has 1 heterocycles. The molecule has 0 radical (unpaired) electrons. The molecular weight excluding hydrogens is 208 g/mol. The summed E-state index contributed by atoms with van der Waals surface area (Å²) in [7, 11) is 1.97. The van der Waals surface area contributed by atoms with Crippen molar-refractivity contribution in [3.05, 3.63) is 65.5 Å². The third-order valence-corrected chi connectivity index (χ3v) is 2.99. The van der Waals surface area contributed by atoms with E-state index in [1.165, 1.54) is 11.1 Å². The first kappa shape index (κ1) is 11.8. The second kappa shape index (κ2) is 5.60. The first-order valence-corrected chi connectivity index (χ1v) is 6.02. The Morgan fingerprint density at radius 2 is 1.88 bits per heavy atom. The summed E-state index contributed by atoms with van der Waals surface area (Å²) < 4.78 is 0. The summed E-state index contributed by atoms with van der Waals surface area (Å²) in [6.07, 6.45) is 2.91. The maximum Gasteiger partial charge on any atom is 0.0748 e. The van der Waals surface area contributed by atoms with Crippen LogP contribution in [-0.2, 0) is 6.42 Å². The lowest BCUT2D eigenvalue weighted by Gasteiger charge is -2.16. The summed E-state index contributed by atoms with van der Waals surface area (Å²) in [6.45, 7) is 2.17. The molecule has 2 aromatic rings. The van der Waals surface area contributed by atoms with Crippen molar-refractivity contribution in [2.24, 2.45) is 0 Å². The fourth-order valence-corrected chi connectivity index (χ4v) is 1.98. The molecule has 2 heteroatoms. The minimum absolute atomic E-state index is 0.169. The van der Waals surface area contributed by atoms with E-state index < -0.39 is 0 Å². The second-order valence-electron chi connectivity index (χ2n) is 4.07. The summed E-state index contributed by atoms with van der Waals surface area (Å²) in [5.74, 6) is 0. The Bertz CT molecular complexity index is 448. The van der Waals surface area contributed by atoms with E-state index in [0.29, 0.717) is 0 Å². The highest BCUT2D eigenvalue weighted by Gasteiger charge is 2.12. The second-order valence-corrected chi connectivity index (χ2v) is 4.07. The van der Waals surface area contributed by atoms with Crippen LogP contribution in [0.1, 0.15) is 29.8 Å². The van der Waals surface area contributed by atoms with Crippen LogP contribution >= 0.6 is 0 Å². The molecule has 0 bridgehead atoms. The quantitative estimate of drug-likeness (QED) is 0.867. The molecule has 88 valence electrons. The van der Waals surface area contributed by atoms with Crippen LogP contribution in [0.5, 0.6) is 0 Å². The van der Waals surface area contributed by atoms with Gasteiger partial charge < -0.3 is 5.32 Å². The molecule has 1 aromatic heterocycles. The van der Waals surface area contributed by atoms with Crippen LogP contribution < -0.4 is 5.32 Å². The molecule has 0 amide bonds. The Morgan fingerprint density at radius 3 is 2.41 bits per heavy atom. The van der Waals surface area contributed by atoms with E-state index in [0.717, 1.165) is 12.1 Å². The van der Waals surface area contributed by atoms with E-state index in [1.54, 1.807) is 0 Å². The molecular formula is C15H18N2. The number of benzene rings is 1. The fourth-order valence-electron chi connectivity index (χ4n) is 1.98. The van der Waals surface area contributed by atoms with Crippen molar-refractivity contribution >= 4 is 0 Å². The number of nitrogens with one attached hydrogen (secondary N) is 1. The standard InChI is InChI=1S/C15H18N2/c1-3-12-7-9-13(10-8-12)15(16-2)14-6-4-5-11-17-14/h4-11,15-16H,3H2,1-2H3. The number of pyridine rings is 1. The van der Waals surface area contributed by atoms with E-state index in [9.17, 15) is 0 Å². The van der Waals surface area contributed by atoms with Gasteiger partial charge in [-0.3, -0.25) is 4.98 Å². The highest BCUT2D eigenvalue weighted by atomic mass is 14.9. The molecule has 1 atom stereocenters. The van der Waals surface area contributed by atoms with Gasteiger partial charge >= 0.3 is 0 Å². The molecule has 0 saturated heterocycles. The van der Waals surface area contributed by atoms with Gasteiger partial charge in [-0.2, -0.15) is 0 Å². The molecule has 1 N–H and O–H groups in total. The molecule has 1 unspecified atom stereocenters. The van der Waals surface area contributed by atoms with Crippen molar-refractivity contribution in [2.45, 2.75) is 19.4 Å². The predicted octanol–water partition coefficient (Wildman–Crippen LogP) is 2.95. The maximum absolute atomic E-state index is 4.41. The van der Waals surface area contributed by atoms with Crippen LogP contribution in [-0.4, -0.2) is 12.0 Å². The molecule has 0 saturated carbocycles. The van der Waals surface area contributed by atoms with Gasteiger partial charge in [0.2, 0.25) is 0 Å². The van der Waals surface area contributed by atoms with Crippen LogP contribution in [0, 0.1) is 0 Å². The summed E-state index contributed by atoms with van der Waals surface area (Å²) >= 11 is 0. The van der Waals surface area contributed by atoms with Gasteiger partial charge in [0.25, 0.3) is 0 Å². The average Bonchev–Trinajstić information content (AvgIpc) is 2.42. The van der Waals surface area contributed by atoms with Crippen LogP contribution in [0.2, 0.25) is 0 Å². The minimum atomic E-state index is 0.169. The van der Waals surface area contributed by atoms with Crippen LogP contribution in [0.25, 0.3) is 0 Å². The van der Waals surface area contributed by atoms with Crippen LogP contribution in [0.15, 0.2) is 48.7 Å². The molecule has 0 aliphatic carbocycles. The van der Waals surface area contributed by atoms with E-state index in [-0.39, 0.29) is 6.04 Å². The lowest BCUT2D eigenvalue weighted by molar-refractivity contribution is 0.671. The number of hydrogen-bond donors (Lipinski definition) is 1. The minimum Gasteiger partial charge on any atom is -0.308 e. The van der Waals surface area contributed by atoms with Gasteiger partial charge in [0.05, 0.1) is 11.7 Å². The van der Waals surface area contributed by atoms with Gasteiger partial charge in [-0.25, -0.2) is 0 Å². The van der Waals surface area contributed by atoms with Gasteiger partial charge in [0.15, 0.2) is 0 Å². The zero-order chi connectivity index (χ0) is 12.1. The smallest absolute Gasteiger partial charge is 0.0748 e. The molecule has 2 nitrogen and oxygen atoms in total. The fraction of sp³-hybridized carbons (Fsp3) is 0.267. The van der Waals surface area contributed by atoms with Crippen molar-refractivity contribution in [3.63, 3.8) is 0 Å². The Hall–Kier alpha value is -1.67. The Kier molecular flexibility index (Phi) is 3.89. The van der Waals surface area contributed by atoms with Crippen LogP contribution in [0.3, 0.4) is 0 Å². The number of nitrogens with zero attached hydrogens (tertiary/aromatic N) is 1. The predicted molar refractivity (Wildman–Crippen MR) is 71.0 cm³/mol. The third-order valence-electron chi connectivity index (χ3n) is 2.99. The summed E-state index contributed by atoms with van der Waals surface area (Å²) in [4.78, 5) is 4.41. The Morgan fingerprint density at radius 1 is 1.12 bits per heavy atom. The zero-order valence-electron chi connectivity index (χ0n) is 10.4. The number of rotatable bonds is 4. The number of hydrogen-bond acceptors (Lipinski definition) is 2. The molecule has 0 spiro atoms. The van der Waals surface area contributed by atoms with Crippen molar-refractivity contribution < 1.29 is 0 Å². The lowest BCUT2D eigenvalue weighted by Crippen LogP contribution is -2.18. The first-order chi connectivity index (χ1) is 8.35. The molecule has 17 heavy (non-hydrogen) atoms. The highest BCUT2D eigenvalue weighted by Crippen LogP contribution is 2.20. The van der Waals surface area contributed by atoms with E-state index >= 15 is 0 Å². The van der Waals surface area contributed by atoms with E-state index in [1.807, 2.05) is 25.4 Å². The third kappa shape index (κ3) is 2.71. The summed E-state index contributed by atoms with van der Waals surface area (Å²) in [6, 6.07) is 14.9. The van der Waals surface area contributed by atoms with E-state index in [2.05, 4.69) is 47.6 Å². The Labute approximate surface area is 103 Å². The maximum atomic E-state index is 4.41. The summed E-state index contributed by atoms with van der Waals surface area (Å²) in [5, 5.41) is 3.31. The average molecular weight is 226 g/mol. The Balaban J connectivity index is 2.29. The molecule has 0 aliphatic rings. The summed E-state index contributed by atoms with van der Waals surface area (Å²) in [5.41, 5.74) is 3.67. The largest absolute Gasteiger partial charge is 0.308 e. The van der Waals surface area contributed by atoms with Gasteiger partial charge in [0, 0.05) is 6.20 Å². The highest BCUT2D eigenvalue weighted by molar-refractivity contribution is 5.30. The zero-order valence-corrected chi connectivity index (χ0v) is 10.4. The number of aryl methyl sites for hydroxylation is 1. The van der Waals surface area contributed by atoms with Gasteiger partial charge in [-0.1, -0.05) is 37.3 Å². The lowest BCUT2D eigenvalue weighted by atomic mass is 10.0. The molecule has 1 aromatic carbocycles. The molecule has 2 rings (SSSR count). The number of aromatic nitrogens is 1. The molecule has 0 aliphatic heterocycles. The van der Waals surface area contributed by atoms with E-state index in [4.69, 9.17) is 0 Å². The SMILES string of the molecule is CCc1ccc(C(NC)c2ccccn2)cc1. The monoisotopic (exact) mass is 226 g/mol. The molecule has 0 fully saturated rings.